The minimum absolute atomic E-state index is 0.176. The Labute approximate surface area is 123 Å². The second-order valence-corrected chi connectivity index (χ2v) is 4.66. The van der Waals surface area contributed by atoms with E-state index in [4.69, 9.17) is 20.1 Å². The van der Waals surface area contributed by atoms with Crippen molar-refractivity contribution in [2.24, 2.45) is 5.84 Å². The molecule has 3 N–H and O–H groups in total. The van der Waals surface area contributed by atoms with Gasteiger partial charge in [0.1, 0.15) is 11.5 Å². The van der Waals surface area contributed by atoms with Crippen molar-refractivity contribution < 1.29 is 23.8 Å². The molecule has 0 spiro atoms. The molecule has 0 fully saturated rings. The molecular formula is C14H20N2O5. The number of amides is 1. The minimum atomic E-state index is -1.09. The molecule has 0 aromatic heterocycles. The smallest absolute Gasteiger partial charge is 0.349 e. The molecular weight excluding hydrogens is 276 g/mol. The van der Waals surface area contributed by atoms with Crippen molar-refractivity contribution in [3.63, 3.8) is 0 Å². The zero-order chi connectivity index (χ0) is 15.9. The summed E-state index contributed by atoms with van der Waals surface area (Å²) in [7, 11) is 0. The fourth-order valence-electron chi connectivity index (χ4n) is 1.44. The molecule has 0 atom stereocenters. The minimum Gasteiger partial charge on any atom is -0.484 e. The average molecular weight is 296 g/mol. The Kier molecular flexibility index (Phi) is 5.98. The second kappa shape index (κ2) is 7.49. The van der Waals surface area contributed by atoms with Crippen molar-refractivity contribution >= 4 is 11.9 Å². The van der Waals surface area contributed by atoms with E-state index in [1.165, 1.54) is 0 Å². The van der Waals surface area contributed by atoms with Gasteiger partial charge in [0.15, 0.2) is 12.2 Å². The van der Waals surface area contributed by atoms with E-state index in [2.05, 4.69) is 0 Å². The van der Waals surface area contributed by atoms with E-state index in [9.17, 15) is 9.59 Å². The fourth-order valence-corrected chi connectivity index (χ4v) is 1.44. The first-order valence-electron chi connectivity index (χ1n) is 6.47. The van der Waals surface area contributed by atoms with Crippen molar-refractivity contribution in [1.29, 1.82) is 0 Å². The number of nitrogens with one attached hydrogen (secondary N) is 1. The highest BCUT2D eigenvalue weighted by atomic mass is 16.6. The van der Waals surface area contributed by atoms with Gasteiger partial charge < -0.3 is 14.2 Å². The van der Waals surface area contributed by atoms with E-state index in [0.29, 0.717) is 18.1 Å². The van der Waals surface area contributed by atoms with Crippen LogP contribution >= 0.6 is 0 Å². The lowest BCUT2D eigenvalue weighted by Crippen LogP contribution is -2.39. The van der Waals surface area contributed by atoms with Gasteiger partial charge in [0, 0.05) is 0 Å². The molecule has 0 saturated heterocycles. The third kappa shape index (κ3) is 5.31. The molecule has 7 nitrogen and oxygen atoms in total. The van der Waals surface area contributed by atoms with Gasteiger partial charge in [0.25, 0.3) is 5.91 Å². The molecule has 7 heteroatoms. The number of benzene rings is 1. The molecule has 0 aliphatic carbocycles. The van der Waals surface area contributed by atoms with Gasteiger partial charge in [0.2, 0.25) is 0 Å². The van der Waals surface area contributed by atoms with Crippen LogP contribution in [0.15, 0.2) is 24.3 Å². The van der Waals surface area contributed by atoms with Crippen LogP contribution in [-0.4, -0.2) is 30.7 Å². The number of carbonyl (C=O) groups excluding carboxylic acids is 2. The van der Waals surface area contributed by atoms with Crippen molar-refractivity contribution in [2.45, 2.75) is 26.4 Å². The van der Waals surface area contributed by atoms with Crippen LogP contribution in [0.5, 0.6) is 11.5 Å². The number of nitrogens with two attached hydrogens (primary N) is 1. The molecule has 0 aliphatic heterocycles. The number of hydrogen-bond acceptors (Lipinski definition) is 6. The van der Waals surface area contributed by atoms with Crippen LogP contribution in [0.4, 0.5) is 0 Å². The molecule has 0 unspecified atom stereocenters. The Morgan fingerprint density at radius 3 is 2.29 bits per heavy atom. The van der Waals surface area contributed by atoms with Gasteiger partial charge in [-0.2, -0.15) is 0 Å². The molecule has 0 bridgehead atoms. The highest BCUT2D eigenvalue weighted by Crippen LogP contribution is 2.22. The lowest BCUT2D eigenvalue weighted by atomic mass is 10.1. The van der Waals surface area contributed by atoms with Gasteiger partial charge in [0.05, 0.1) is 6.61 Å². The summed E-state index contributed by atoms with van der Waals surface area (Å²) in [4.78, 5) is 22.7. The van der Waals surface area contributed by atoms with Crippen LogP contribution in [-0.2, 0) is 14.3 Å². The fraction of sp³-hybridized carbons (Fsp3) is 0.429. The number of hydrogen-bond donors (Lipinski definition) is 2. The van der Waals surface area contributed by atoms with Gasteiger partial charge in [-0.3, -0.25) is 10.2 Å². The van der Waals surface area contributed by atoms with E-state index >= 15 is 0 Å². The van der Waals surface area contributed by atoms with E-state index in [1.54, 1.807) is 45.0 Å². The molecule has 1 aromatic carbocycles. The van der Waals surface area contributed by atoms with Crippen LogP contribution < -0.4 is 20.7 Å². The Hall–Kier alpha value is -2.28. The summed E-state index contributed by atoms with van der Waals surface area (Å²) in [6.45, 7) is 5.10. The Morgan fingerprint density at radius 1 is 1.19 bits per heavy atom. The highest BCUT2D eigenvalue weighted by molar-refractivity contribution is 5.79. The molecule has 0 aliphatic rings. The number of ether oxygens (including phenoxy) is 3. The SMILES string of the molecule is CCOC(=O)C(C)(C)Oc1ccc(OCC(=O)NN)cc1. The summed E-state index contributed by atoms with van der Waals surface area (Å²) in [5.74, 6) is 5.04. The highest BCUT2D eigenvalue weighted by Gasteiger charge is 2.31. The van der Waals surface area contributed by atoms with Crippen LogP contribution in [0.3, 0.4) is 0 Å². The maximum Gasteiger partial charge on any atom is 0.349 e. The number of esters is 1. The Morgan fingerprint density at radius 2 is 1.76 bits per heavy atom. The summed E-state index contributed by atoms with van der Waals surface area (Å²) >= 11 is 0. The normalized spacial score (nSPS) is 10.7. The van der Waals surface area contributed by atoms with Crippen LogP contribution in [0, 0.1) is 0 Å². The van der Waals surface area contributed by atoms with Gasteiger partial charge in [-0.1, -0.05) is 0 Å². The third-order valence-electron chi connectivity index (χ3n) is 2.49. The number of hydrazine groups is 1. The summed E-state index contributed by atoms with van der Waals surface area (Å²) in [5.41, 5.74) is 0.877. The number of carbonyl (C=O) groups is 2. The van der Waals surface area contributed by atoms with Gasteiger partial charge in [-0.05, 0) is 45.0 Å². The van der Waals surface area contributed by atoms with Crippen LogP contribution in [0.2, 0.25) is 0 Å². The maximum absolute atomic E-state index is 11.7. The van der Waals surface area contributed by atoms with Crippen molar-refractivity contribution in [3.05, 3.63) is 24.3 Å². The van der Waals surface area contributed by atoms with Crippen LogP contribution in [0.25, 0.3) is 0 Å². The number of rotatable bonds is 7. The lowest BCUT2D eigenvalue weighted by Gasteiger charge is -2.24. The first-order valence-corrected chi connectivity index (χ1v) is 6.47. The zero-order valence-corrected chi connectivity index (χ0v) is 12.3. The van der Waals surface area contributed by atoms with Gasteiger partial charge in [-0.15, -0.1) is 0 Å². The molecule has 0 heterocycles. The first kappa shape index (κ1) is 16.8. The summed E-state index contributed by atoms with van der Waals surface area (Å²) in [6, 6.07) is 6.52. The zero-order valence-electron chi connectivity index (χ0n) is 12.3. The lowest BCUT2D eigenvalue weighted by molar-refractivity contribution is -0.158. The predicted octanol–water partition coefficient (Wildman–Crippen LogP) is 0.776. The van der Waals surface area contributed by atoms with Crippen molar-refractivity contribution in [2.75, 3.05) is 13.2 Å². The molecule has 116 valence electrons. The monoisotopic (exact) mass is 296 g/mol. The van der Waals surface area contributed by atoms with E-state index < -0.39 is 17.5 Å². The van der Waals surface area contributed by atoms with Gasteiger partial charge in [-0.25, -0.2) is 10.6 Å². The molecule has 0 saturated carbocycles. The third-order valence-corrected chi connectivity index (χ3v) is 2.49. The van der Waals surface area contributed by atoms with E-state index in [0.717, 1.165) is 0 Å². The standard InChI is InChI=1S/C14H20N2O5/c1-4-19-13(18)14(2,3)21-11-7-5-10(6-8-11)20-9-12(17)16-15/h5-8H,4,9,15H2,1-3H3,(H,16,17). The van der Waals surface area contributed by atoms with E-state index in [1.807, 2.05) is 5.43 Å². The molecule has 21 heavy (non-hydrogen) atoms. The topological polar surface area (TPSA) is 99.9 Å². The van der Waals surface area contributed by atoms with Crippen LogP contribution in [0.1, 0.15) is 20.8 Å². The molecule has 0 radical (unpaired) electrons. The Balaban J connectivity index is 2.61. The second-order valence-electron chi connectivity index (χ2n) is 4.66. The van der Waals surface area contributed by atoms with Crippen molar-refractivity contribution in [3.8, 4) is 11.5 Å². The predicted molar refractivity (Wildman–Crippen MR) is 75.6 cm³/mol. The quantitative estimate of drug-likeness (QED) is 0.334. The van der Waals surface area contributed by atoms with Gasteiger partial charge >= 0.3 is 5.97 Å². The summed E-state index contributed by atoms with van der Waals surface area (Å²) < 4.78 is 15.7. The first-order chi connectivity index (χ1) is 9.89. The largest absolute Gasteiger partial charge is 0.484 e. The van der Waals surface area contributed by atoms with E-state index in [-0.39, 0.29) is 6.61 Å². The molecule has 1 rings (SSSR count). The van der Waals surface area contributed by atoms with Crippen molar-refractivity contribution in [1.82, 2.24) is 5.43 Å². The Bertz CT molecular complexity index is 485. The summed E-state index contributed by atoms with van der Waals surface area (Å²) in [5, 5.41) is 0. The molecule has 1 amide bonds. The maximum atomic E-state index is 11.7. The molecule has 1 aromatic rings. The average Bonchev–Trinajstić information content (AvgIpc) is 2.46. The summed E-state index contributed by atoms with van der Waals surface area (Å²) in [6.07, 6.45) is 0.